The van der Waals surface area contributed by atoms with Gasteiger partial charge in [-0.05, 0) is 19.9 Å². The standard InChI is InChI=1S/C12H13N3/c1-8(7-13)14-12-9(2)15-11-6-4-3-5-10(11)12/h3-6,8,14-15H,1-2H3. The van der Waals surface area contributed by atoms with Crippen molar-refractivity contribution in [2.75, 3.05) is 5.32 Å². The lowest BCUT2D eigenvalue weighted by atomic mass is 10.2. The van der Waals surface area contributed by atoms with Crippen LogP contribution in [0.4, 0.5) is 5.69 Å². The number of aryl methyl sites for hydroxylation is 1. The minimum atomic E-state index is -0.178. The van der Waals surface area contributed by atoms with Gasteiger partial charge in [0.2, 0.25) is 0 Å². The van der Waals surface area contributed by atoms with Crippen LogP contribution in [0.2, 0.25) is 0 Å². The van der Waals surface area contributed by atoms with Crippen LogP contribution in [0.5, 0.6) is 0 Å². The number of nitriles is 1. The second-order valence-corrected chi connectivity index (χ2v) is 3.67. The van der Waals surface area contributed by atoms with Gasteiger partial charge in [0, 0.05) is 16.6 Å². The van der Waals surface area contributed by atoms with E-state index in [1.807, 2.05) is 38.1 Å². The largest absolute Gasteiger partial charge is 0.368 e. The third kappa shape index (κ3) is 1.66. The first-order valence-electron chi connectivity index (χ1n) is 4.96. The number of nitrogens with zero attached hydrogens (tertiary/aromatic N) is 1. The Bertz CT molecular complexity index is 519. The number of anilines is 1. The molecule has 1 atom stereocenters. The van der Waals surface area contributed by atoms with E-state index in [0.717, 1.165) is 22.3 Å². The zero-order chi connectivity index (χ0) is 10.8. The first-order chi connectivity index (χ1) is 7.22. The zero-order valence-corrected chi connectivity index (χ0v) is 8.83. The van der Waals surface area contributed by atoms with E-state index >= 15 is 0 Å². The molecule has 2 rings (SSSR count). The van der Waals surface area contributed by atoms with E-state index in [1.54, 1.807) is 0 Å². The van der Waals surface area contributed by atoms with Crippen molar-refractivity contribution in [3.05, 3.63) is 30.0 Å². The predicted molar refractivity (Wildman–Crippen MR) is 61.7 cm³/mol. The smallest absolute Gasteiger partial charge is 0.111 e. The third-order valence-electron chi connectivity index (χ3n) is 2.45. The summed E-state index contributed by atoms with van der Waals surface area (Å²) in [5.41, 5.74) is 3.19. The van der Waals surface area contributed by atoms with Crippen LogP contribution < -0.4 is 5.32 Å². The monoisotopic (exact) mass is 199 g/mol. The Morgan fingerprint density at radius 3 is 2.87 bits per heavy atom. The van der Waals surface area contributed by atoms with E-state index in [0.29, 0.717) is 0 Å². The van der Waals surface area contributed by atoms with Gasteiger partial charge in [0.1, 0.15) is 6.04 Å². The summed E-state index contributed by atoms with van der Waals surface area (Å²) in [6.45, 7) is 3.85. The Morgan fingerprint density at radius 1 is 1.40 bits per heavy atom. The normalized spacial score (nSPS) is 12.3. The highest BCUT2D eigenvalue weighted by Crippen LogP contribution is 2.27. The predicted octanol–water partition coefficient (Wildman–Crippen LogP) is 2.80. The van der Waals surface area contributed by atoms with Crippen molar-refractivity contribution in [3.8, 4) is 6.07 Å². The first-order valence-corrected chi connectivity index (χ1v) is 4.96. The summed E-state index contributed by atoms with van der Waals surface area (Å²) in [6, 6.07) is 10.1. The number of fused-ring (bicyclic) bond motifs is 1. The Morgan fingerprint density at radius 2 is 2.13 bits per heavy atom. The van der Waals surface area contributed by atoms with Crippen molar-refractivity contribution in [1.82, 2.24) is 4.98 Å². The average Bonchev–Trinajstić information content (AvgIpc) is 2.55. The molecule has 1 heterocycles. The number of rotatable bonds is 2. The fourth-order valence-electron chi connectivity index (χ4n) is 1.71. The van der Waals surface area contributed by atoms with Gasteiger partial charge in [-0.2, -0.15) is 5.26 Å². The molecule has 3 heteroatoms. The van der Waals surface area contributed by atoms with Gasteiger partial charge in [-0.1, -0.05) is 18.2 Å². The summed E-state index contributed by atoms with van der Waals surface area (Å²) in [4.78, 5) is 3.28. The van der Waals surface area contributed by atoms with Gasteiger partial charge in [0.15, 0.2) is 0 Å². The highest BCUT2D eigenvalue weighted by atomic mass is 14.9. The van der Waals surface area contributed by atoms with Gasteiger partial charge in [0.25, 0.3) is 0 Å². The van der Waals surface area contributed by atoms with Crippen molar-refractivity contribution in [1.29, 1.82) is 5.26 Å². The van der Waals surface area contributed by atoms with E-state index in [1.165, 1.54) is 0 Å². The minimum absolute atomic E-state index is 0.178. The molecule has 0 bridgehead atoms. The number of hydrogen-bond donors (Lipinski definition) is 2. The molecule has 0 aliphatic carbocycles. The summed E-state index contributed by atoms with van der Waals surface area (Å²) < 4.78 is 0. The Hall–Kier alpha value is -1.95. The molecule has 0 radical (unpaired) electrons. The second kappa shape index (κ2) is 3.66. The SMILES string of the molecule is Cc1[nH]c2ccccc2c1NC(C)C#N. The van der Waals surface area contributed by atoms with E-state index < -0.39 is 0 Å². The lowest BCUT2D eigenvalue weighted by Crippen LogP contribution is -2.12. The zero-order valence-electron chi connectivity index (χ0n) is 8.83. The van der Waals surface area contributed by atoms with E-state index in [9.17, 15) is 0 Å². The number of H-pyrrole nitrogens is 1. The Labute approximate surface area is 88.7 Å². The van der Waals surface area contributed by atoms with Gasteiger partial charge in [0.05, 0.1) is 11.8 Å². The molecule has 1 unspecified atom stereocenters. The fraction of sp³-hybridized carbons (Fsp3) is 0.250. The number of para-hydroxylation sites is 1. The molecule has 0 aliphatic rings. The van der Waals surface area contributed by atoms with E-state index in [2.05, 4.69) is 16.4 Å². The maximum absolute atomic E-state index is 8.77. The molecular weight excluding hydrogens is 186 g/mol. The quantitative estimate of drug-likeness (QED) is 0.781. The van der Waals surface area contributed by atoms with E-state index in [4.69, 9.17) is 5.26 Å². The number of aromatic nitrogens is 1. The number of hydrogen-bond acceptors (Lipinski definition) is 2. The first kappa shape index (κ1) is 9.60. The van der Waals surface area contributed by atoms with Gasteiger partial charge >= 0.3 is 0 Å². The lowest BCUT2D eigenvalue weighted by Gasteiger charge is -2.07. The van der Waals surface area contributed by atoms with Crippen LogP contribution in [0.25, 0.3) is 10.9 Å². The molecule has 0 spiro atoms. The topological polar surface area (TPSA) is 51.6 Å². The number of aromatic amines is 1. The van der Waals surface area contributed by atoms with Crippen molar-refractivity contribution in [2.45, 2.75) is 19.9 Å². The van der Waals surface area contributed by atoms with Crippen LogP contribution in [-0.4, -0.2) is 11.0 Å². The molecule has 0 saturated carbocycles. The van der Waals surface area contributed by atoms with Gasteiger partial charge < -0.3 is 10.3 Å². The molecule has 0 aliphatic heterocycles. The molecule has 3 nitrogen and oxygen atoms in total. The van der Waals surface area contributed by atoms with Gasteiger partial charge in [-0.15, -0.1) is 0 Å². The molecule has 76 valence electrons. The van der Waals surface area contributed by atoms with Crippen molar-refractivity contribution in [3.63, 3.8) is 0 Å². The van der Waals surface area contributed by atoms with Gasteiger partial charge in [-0.3, -0.25) is 0 Å². The van der Waals surface area contributed by atoms with Crippen LogP contribution in [0, 0.1) is 18.3 Å². The Balaban J connectivity index is 2.50. The van der Waals surface area contributed by atoms with Crippen molar-refractivity contribution in [2.24, 2.45) is 0 Å². The molecular formula is C12H13N3. The minimum Gasteiger partial charge on any atom is -0.368 e. The summed E-state index contributed by atoms with van der Waals surface area (Å²) in [6.07, 6.45) is 0. The highest BCUT2D eigenvalue weighted by molar-refractivity contribution is 5.94. The van der Waals surface area contributed by atoms with Gasteiger partial charge in [-0.25, -0.2) is 0 Å². The molecule has 2 N–H and O–H groups in total. The van der Waals surface area contributed by atoms with E-state index in [-0.39, 0.29) is 6.04 Å². The van der Waals surface area contributed by atoms with Crippen LogP contribution in [-0.2, 0) is 0 Å². The molecule has 2 aromatic rings. The molecule has 0 amide bonds. The van der Waals surface area contributed by atoms with Crippen LogP contribution in [0.1, 0.15) is 12.6 Å². The summed E-state index contributed by atoms with van der Waals surface area (Å²) in [5.74, 6) is 0. The summed E-state index contributed by atoms with van der Waals surface area (Å²) in [5, 5.41) is 13.1. The maximum Gasteiger partial charge on any atom is 0.111 e. The number of nitrogens with one attached hydrogen (secondary N) is 2. The average molecular weight is 199 g/mol. The van der Waals surface area contributed by atoms with Crippen molar-refractivity contribution < 1.29 is 0 Å². The maximum atomic E-state index is 8.77. The lowest BCUT2D eigenvalue weighted by molar-refractivity contribution is 1.01. The highest BCUT2D eigenvalue weighted by Gasteiger charge is 2.09. The molecule has 0 fully saturated rings. The van der Waals surface area contributed by atoms with Crippen LogP contribution in [0.15, 0.2) is 24.3 Å². The van der Waals surface area contributed by atoms with Crippen molar-refractivity contribution >= 4 is 16.6 Å². The van der Waals surface area contributed by atoms with Crippen LogP contribution in [0.3, 0.4) is 0 Å². The summed E-state index contributed by atoms with van der Waals surface area (Å²) >= 11 is 0. The third-order valence-corrected chi connectivity index (χ3v) is 2.45. The summed E-state index contributed by atoms with van der Waals surface area (Å²) in [7, 11) is 0. The molecule has 15 heavy (non-hydrogen) atoms. The van der Waals surface area contributed by atoms with Crippen LogP contribution >= 0.6 is 0 Å². The fourth-order valence-corrected chi connectivity index (χ4v) is 1.71. The molecule has 1 aromatic carbocycles. The Kier molecular flexibility index (Phi) is 2.34. The molecule has 1 aromatic heterocycles. The number of benzene rings is 1. The second-order valence-electron chi connectivity index (χ2n) is 3.67. The molecule has 0 saturated heterocycles.